The Morgan fingerprint density at radius 2 is 1.39 bits per heavy atom. The van der Waals surface area contributed by atoms with Crippen molar-refractivity contribution in [3.05, 3.63) is 0 Å². The normalized spacial score (nSPS) is 12.6. The van der Waals surface area contributed by atoms with Gasteiger partial charge in [-0.2, -0.15) is 0 Å². The lowest BCUT2D eigenvalue weighted by molar-refractivity contribution is -0.00195. The van der Waals surface area contributed by atoms with E-state index in [1.54, 1.807) is 41.5 Å². The second kappa shape index (κ2) is 7.08. The van der Waals surface area contributed by atoms with E-state index in [4.69, 9.17) is 13.3 Å². The molecule has 0 atom stereocenters. The van der Waals surface area contributed by atoms with E-state index < -0.39 is 20.6 Å². The van der Waals surface area contributed by atoms with Crippen molar-refractivity contribution in [1.29, 1.82) is 0 Å². The van der Waals surface area contributed by atoms with Gasteiger partial charge in [0.1, 0.15) is 0 Å². The fraction of sp³-hybridized carbons (Fsp3) is 0.909. The van der Waals surface area contributed by atoms with E-state index in [9.17, 15) is 9.90 Å². The Labute approximate surface area is 110 Å². The number of rotatable bonds is 7. The largest absolute Gasteiger partial charge is 0.639 e. The van der Waals surface area contributed by atoms with Crippen molar-refractivity contribution < 1.29 is 23.2 Å². The number of hydrogen-bond acceptors (Lipinski definition) is 4. The Morgan fingerprint density at radius 3 is 1.56 bits per heavy atom. The number of nitrogens with zero attached hydrogens (tertiary/aromatic N) is 1. The molecule has 7 heteroatoms. The third-order valence-electron chi connectivity index (χ3n) is 2.12. The molecule has 0 bridgehead atoms. The number of amides is 1. The molecule has 18 heavy (non-hydrogen) atoms. The second-order valence-corrected chi connectivity index (χ2v) is 6.97. The number of carboxylic acid groups (broad SMARTS) is 1. The van der Waals surface area contributed by atoms with E-state index in [-0.39, 0.29) is 0 Å². The molecule has 108 valence electrons. The van der Waals surface area contributed by atoms with Crippen LogP contribution in [0.4, 0.5) is 4.79 Å². The summed E-state index contributed by atoms with van der Waals surface area (Å²) in [6.07, 6.45) is -1.09. The number of hydrogen-bond donors (Lipinski definition) is 1. The topological polar surface area (TPSA) is 68.2 Å². The Hall–Kier alpha value is -0.633. The van der Waals surface area contributed by atoms with Crippen LogP contribution in [0.25, 0.3) is 0 Å². The molecule has 1 amide bonds. The molecule has 0 saturated carbocycles. The van der Waals surface area contributed by atoms with Gasteiger partial charge in [-0.1, -0.05) is 0 Å². The molecule has 0 aliphatic heterocycles. The third-order valence-corrected chi connectivity index (χ3v) is 5.49. The van der Waals surface area contributed by atoms with E-state index in [1.165, 1.54) is 4.57 Å². The van der Waals surface area contributed by atoms with Crippen molar-refractivity contribution in [2.45, 2.75) is 47.1 Å². The predicted octanol–water partition coefficient (Wildman–Crippen LogP) is 2.31. The summed E-state index contributed by atoms with van der Waals surface area (Å²) in [5.41, 5.74) is -0.655. The maximum Gasteiger partial charge on any atom is 0.639 e. The van der Waals surface area contributed by atoms with Gasteiger partial charge in [0.05, 0.1) is 0 Å². The van der Waals surface area contributed by atoms with Crippen molar-refractivity contribution in [1.82, 2.24) is 4.57 Å². The third kappa shape index (κ3) is 4.24. The molecule has 0 radical (unpaired) electrons. The van der Waals surface area contributed by atoms with E-state index in [1.807, 2.05) is 0 Å². The van der Waals surface area contributed by atoms with Crippen LogP contribution < -0.4 is 0 Å². The van der Waals surface area contributed by atoms with E-state index in [0.717, 1.165) is 0 Å². The highest BCUT2D eigenvalue weighted by atomic mass is 28.4. The zero-order chi connectivity index (χ0) is 14.4. The number of carbonyl (C=O) groups is 1. The highest BCUT2D eigenvalue weighted by Gasteiger charge is 2.56. The summed E-state index contributed by atoms with van der Waals surface area (Å²) in [4.78, 5) is 11.5. The van der Waals surface area contributed by atoms with Crippen molar-refractivity contribution >= 4 is 15.1 Å². The zero-order valence-corrected chi connectivity index (χ0v) is 13.1. The van der Waals surface area contributed by atoms with Gasteiger partial charge in [0.25, 0.3) is 0 Å². The lowest BCUT2D eigenvalue weighted by Gasteiger charge is -2.42. The first-order valence-electron chi connectivity index (χ1n) is 6.20. The maximum absolute atomic E-state index is 11.5. The Morgan fingerprint density at radius 1 is 1.06 bits per heavy atom. The molecule has 1 N–H and O–H groups in total. The van der Waals surface area contributed by atoms with Crippen LogP contribution >= 0.6 is 0 Å². The fourth-order valence-electron chi connectivity index (χ4n) is 1.68. The zero-order valence-electron chi connectivity index (χ0n) is 12.1. The average Bonchev–Trinajstić information content (AvgIpc) is 2.15. The summed E-state index contributed by atoms with van der Waals surface area (Å²) in [6, 6.07) is 0. The first-order valence-corrected chi connectivity index (χ1v) is 7.87. The minimum absolute atomic E-state index is 0.339. The molecule has 0 aromatic carbocycles. The molecule has 0 aromatic rings. The molecule has 0 saturated heterocycles. The van der Waals surface area contributed by atoms with Gasteiger partial charge in [-0.05, 0) is 41.5 Å². The van der Waals surface area contributed by atoms with Crippen LogP contribution in [0.5, 0.6) is 0 Å². The molecule has 0 aromatic heterocycles. The van der Waals surface area contributed by atoms with Gasteiger partial charge < -0.3 is 18.4 Å². The minimum Gasteiger partial charge on any atom is -0.465 e. The summed E-state index contributed by atoms with van der Waals surface area (Å²) in [7, 11) is -3.39. The summed E-state index contributed by atoms with van der Waals surface area (Å²) < 4.78 is 18.0. The fourth-order valence-corrected chi connectivity index (χ4v) is 4.47. The summed E-state index contributed by atoms with van der Waals surface area (Å²) in [5.74, 6) is 0. The predicted molar refractivity (Wildman–Crippen MR) is 70.2 cm³/mol. The van der Waals surface area contributed by atoms with Gasteiger partial charge in [0.2, 0.25) is 0 Å². The van der Waals surface area contributed by atoms with E-state index >= 15 is 0 Å². The van der Waals surface area contributed by atoms with Crippen LogP contribution in [0, 0.1) is 0 Å². The van der Waals surface area contributed by atoms with E-state index in [2.05, 4.69) is 0 Å². The molecule has 6 nitrogen and oxygen atoms in total. The van der Waals surface area contributed by atoms with Gasteiger partial charge in [-0.15, -0.1) is 0 Å². The molecule has 0 spiro atoms. The molecule has 0 aliphatic rings. The highest BCUT2D eigenvalue weighted by Crippen LogP contribution is 2.25. The van der Waals surface area contributed by atoms with Crippen LogP contribution in [0.3, 0.4) is 0 Å². The van der Waals surface area contributed by atoms with Gasteiger partial charge in [-0.3, -0.25) is 4.57 Å². The molecule has 0 heterocycles. The van der Waals surface area contributed by atoms with Crippen molar-refractivity contribution in [2.24, 2.45) is 0 Å². The molecular weight excluding hydrogens is 254 g/mol. The van der Waals surface area contributed by atoms with Gasteiger partial charge in [0, 0.05) is 25.4 Å². The van der Waals surface area contributed by atoms with Gasteiger partial charge in [0.15, 0.2) is 0 Å². The summed E-state index contributed by atoms with van der Waals surface area (Å²) in [5, 5.41) is 9.45. The molecule has 0 aliphatic carbocycles. The minimum atomic E-state index is -3.39. The molecular formula is C11H25NO5Si. The quantitative estimate of drug-likeness (QED) is 0.724. The Balaban J connectivity index is 5.51. The first kappa shape index (κ1) is 17.4. The van der Waals surface area contributed by atoms with Crippen LogP contribution in [-0.4, -0.2) is 50.1 Å². The summed E-state index contributed by atoms with van der Waals surface area (Å²) >= 11 is 0. The lowest BCUT2D eigenvalue weighted by Crippen LogP contribution is -2.68. The van der Waals surface area contributed by atoms with Crippen molar-refractivity contribution in [2.75, 3.05) is 19.8 Å². The Bertz CT molecular complexity index is 250. The SMILES string of the molecule is CCO[Si](OCC)(OCC)N(C(=O)O)C(C)(C)C. The van der Waals surface area contributed by atoms with Crippen LogP contribution in [0.2, 0.25) is 0 Å². The van der Waals surface area contributed by atoms with Crippen molar-refractivity contribution in [3.8, 4) is 0 Å². The smallest absolute Gasteiger partial charge is 0.465 e. The Kier molecular flexibility index (Phi) is 6.83. The average molecular weight is 279 g/mol. The highest BCUT2D eigenvalue weighted by molar-refractivity contribution is 6.60. The maximum atomic E-state index is 11.5. The molecule has 0 fully saturated rings. The van der Waals surface area contributed by atoms with Crippen LogP contribution in [0.1, 0.15) is 41.5 Å². The lowest BCUT2D eigenvalue weighted by atomic mass is 10.1. The molecule has 0 rings (SSSR count). The van der Waals surface area contributed by atoms with Gasteiger partial charge >= 0.3 is 15.1 Å². The molecule has 0 unspecified atom stereocenters. The monoisotopic (exact) mass is 279 g/mol. The van der Waals surface area contributed by atoms with E-state index in [0.29, 0.717) is 19.8 Å². The standard InChI is InChI=1S/C11H25NO5Si/c1-7-15-18(16-8-2,17-9-3)12(10(13)14)11(4,5)6/h7-9H2,1-6H3,(H,13,14). The van der Waals surface area contributed by atoms with Crippen LogP contribution in [0.15, 0.2) is 0 Å². The first-order chi connectivity index (χ1) is 8.25. The van der Waals surface area contributed by atoms with Crippen LogP contribution in [-0.2, 0) is 13.3 Å². The van der Waals surface area contributed by atoms with Crippen molar-refractivity contribution in [3.63, 3.8) is 0 Å². The van der Waals surface area contributed by atoms with Gasteiger partial charge in [-0.25, -0.2) is 4.79 Å². The summed E-state index contributed by atoms with van der Waals surface area (Å²) in [6.45, 7) is 11.8. The second-order valence-electron chi connectivity index (χ2n) is 4.61.